The fourth-order valence-corrected chi connectivity index (χ4v) is 3.22. The second kappa shape index (κ2) is 11.2. The number of nitrogens with zero attached hydrogens (tertiary/aromatic N) is 4. The maximum absolute atomic E-state index is 13.3. The average molecular weight is 470 g/mol. The number of benzene rings is 1. The number of hydrogen-bond acceptors (Lipinski definition) is 4. The highest BCUT2D eigenvalue weighted by atomic mass is 35.5. The molecular formula is C20H23Cl3N6O. The Balaban J connectivity index is 2.37. The number of amidine groups is 1. The van der Waals surface area contributed by atoms with Gasteiger partial charge < -0.3 is 16.4 Å². The van der Waals surface area contributed by atoms with Crippen molar-refractivity contribution >= 4 is 59.1 Å². The molecule has 1 saturated carbocycles. The number of nitrogens with two attached hydrogens (primary N) is 2. The highest BCUT2D eigenvalue weighted by Crippen LogP contribution is 2.34. The van der Waals surface area contributed by atoms with E-state index in [2.05, 4.69) is 21.6 Å². The van der Waals surface area contributed by atoms with E-state index in [1.54, 1.807) is 4.90 Å². The van der Waals surface area contributed by atoms with Gasteiger partial charge in [0.1, 0.15) is 5.82 Å². The number of carbonyl (C=O) groups excluding carboxylic acids is 1. The number of aliphatic imine (C=N–C) groups is 3. The van der Waals surface area contributed by atoms with Gasteiger partial charge in [-0.05, 0) is 50.1 Å². The third-order valence-corrected chi connectivity index (χ3v) is 5.55. The molecule has 1 fully saturated rings. The normalized spacial score (nSPS) is 15.9. The first-order chi connectivity index (χ1) is 14.3. The molecule has 0 radical (unpaired) electrons. The molecule has 0 aliphatic heterocycles. The summed E-state index contributed by atoms with van der Waals surface area (Å²) in [6, 6.07) is 2.48. The summed E-state index contributed by atoms with van der Waals surface area (Å²) in [5, 5.41) is 0.611. The maximum atomic E-state index is 13.3. The summed E-state index contributed by atoms with van der Waals surface area (Å²) in [5.74, 6) is 0.622. The highest BCUT2D eigenvalue weighted by molar-refractivity contribution is 6.48. The SMILES string of the molecule is C=C(N=C/C=C\N)N=C(N=CN)C(C)N(CC1CC1)C(=O)c1cc(Cl)c(Cl)c(Cl)c1. The predicted octanol–water partition coefficient (Wildman–Crippen LogP) is 4.29. The minimum absolute atomic E-state index is 0.192. The topological polar surface area (TPSA) is 109 Å². The van der Waals surface area contributed by atoms with Crippen molar-refractivity contribution in [3.05, 3.63) is 57.4 Å². The summed E-state index contributed by atoms with van der Waals surface area (Å²) in [7, 11) is 0. The van der Waals surface area contributed by atoms with Crippen molar-refractivity contribution in [3.63, 3.8) is 0 Å². The third kappa shape index (κ3) is 6.58. The van der Waals surface area contributed by atoms with Crippen LogP contribution in [0.15, 0.2) is 51.8 Å². The predicted molar refractivity (Wildman–Crippen MR) is 126 cm³/mol. The molecule has 1 atom stereocenters. The van der Waals surface area contributed by atoms with Gasteiger partial charge in [0.25, 0.3) is 5.91 Å². The average Bonchev–Trinajstić information content (AvgIpc) is 3.53. The van der Waals surface area contributed by atoms with E-state index >= 15 is 0 Å². The number of rotatable bonds is 8. The van der Waals surface area contributed by atoms with Crippen LogP contribution < -0.4 is 11.5 Å². The second-order valence-corrected chi connectivity index (χ2v) is 7.85. The Hall–Kier alpha value is -2.35. The highest BCUT2D eigenvalue weighted by Gasteiger charge is 2.32. The monoisotopic (exact) mass is 468 g/mol. The quantitative estimate of drug-likeness (QED) is 0.337. The van der Waals surface area contributed by atoms with Crippen molar-refractivity contribution in [1.29, 1.82) is 0 Å². The summed E-state index contributed by atoms with van der Waals surface area (Å²) in [6.07, 6.45) is 7.53. The molecule has 1 aliphatic carbocycles. The van der Waals surface area contributed by atoms with E-state index in [-0.39, 0.29) is 32.6 Å². The zero-order valence-corrected chi connectivity index (χ0v) is 18.7. The van der Waals surface area contributed by atoms with Crippen LogP contribution in [0.5, 0.6) is 0 Å². The molecule has 1 unspecified atom stereocenters. The van der Waals surface area contributed by atoms with Crippen LogP contribution in [-0.4, -0.2) is 41.8 Å². The number of hydrogen-bond donors (Lipinski definition) is 2. The van der Waals surface area contributed by atoms with Gasteiger partial charge in [-0.2, -0.15) is 0 Å². The first-order valence-corrected chi connectivity index (χ1v) is 10.3. The van der Waals surface area contributed by atoms with Gasteiger partial charge in [0.05, 0.1) is 27.4 Å². The molecule has 4 N–H and O–H groups in total. The van der Waals surface area contributed by atoms with Gasteiger partial charge in [0.2, 0.25) is 0 Å². The van der Waals surface area contributed by atoms with E-state index in [9.17, 15) is 4.79 Å². The Bertz CT molecular complexity index is 898. The zero-order chi connectivity index (χ0) is 22.3. The van der Waals surface area contributed by atoms with E-state index in [0.717, 1.165) is 19.2 Å². The molecule has 30 heavy (non-hydrogen) atoms. The third-order valence-electron chi connectivity index (χ3n) is 4.36. The first-order valence-electron chi connectivity index (χ1n) is 9.16. The fraction of sp³-hybridized carbons (Fsp3) is 0.300. The summed E-state index contributed by atoms with van der Waals surface area (Å²) in [4.78, 5) is 27.5. The van der Waals surface area contributed by atoms with E-state index < -0.39 is 6.04 Å². The smallest absolute Gasteiger partial charge is 0.254 e. The molecule has 0 heterocycles. The fourth-order valence-electron chi connectivity index (χ4n) is 2.63. The van der Waals surface area contributed by atoms with Gasteiger partial charge in [0.15, 0.2) is 5.84 Å². The molecule has 0 saturated heterocycles. The minimum Gasteiger partial charge on any atom is -0.405 e. The summed E-state index contributed by atoms with van der Waals surface area (Å²) < 4.78 is 0. The molecule has 7 nitrogen and oxygen atoms in total. The number of allylic oxidation sites excluding steroid dienone is 1. The maximum Gasteiger partial charge on any atom is 0.254 e. The van der Waals surface area contributed by atoms with Crippen LogP contribution in [0, 0.1) is 5.92 Å². The lowest BCUT2D eigenvalue weighted by molar-refractivity contribution is 0.0725. The van der Waals surface area contributed by atoms with Crippen molar-refractivity contribution in [2.75, 3.05) is 6.54 Å². The summed E-state index contributed by atoms with van der Waals surface area (Å²) >= 11 is 18.2. The Labute approximate surface area is 190 Å². The van der Waals surface area contributed by atoms with Crippen LogP contribution >= 0.6 is 34.8 Å². The van der Waals surface area contributed by atoms with E-state index in [0.29, 0.717) is 18.0 Å². The van der Waals surface area contributed by atoms with Crippen LogP contribution in [0.3, 0.4) is 0 Å². The molecule has 0 bridgehead atoms. The Morgan fingerprint density at radius 3 is 2.43 bits per heavy atom. The first kappa shape index (κ1) is 23.9. The lowest BCUT2D eigenvalue weighted by Gasteiger charge is -2.29. The lowest BCUT2D eigenvalue weighted by atomic mass is 10.1. The van der Waals surface area contributed by atoms with E-state index in [1.165, 1.54) is 30.6 Å². The molecule has 2 rings (SSSR count). The van der Waals surface area contributed by atoms with Crippen LogP contribution in [0.1, 0.15) is 30.1 Å². The minimum atomic E-state index is -0.511. The molecule has 1 amide bonds. The second-order valence-electron chi connectivity index (χ2n) is 6.66. The van der Waals surface area contributed by atoms with Crippen molar-refractivity contribution in [2.24, 2.45) is 32.4 Å². The van der Waals surface area contributed by atoms with E-state index in [1.807, 2.05) is 6.92 Å². The van der Waals surface area contributed by atoms with Gasteiger partial charge >= 0.3 is 0 Å². The van der Waals surface area contributed by atoms with Crippen molar-refractivity contribution in [1.82, 2.24) is 4.90 Å². The molecule has 1 aliphatic rings. The van der Waals surface area contributed by atoms with Gasteiger partial charge in [-0.15, -0.1) is 0 Å². The lowest BCUT2D eigenvalue weighted by Crippen LogP contribution is -2.44. The van der Waals surface area contributed by atoms with Crippen molar-refractivity contribution < 1.29 is 4.79 Å². The number of carbonyl (C=O) groups is 1. The summed E-state index contributed by atoms with van der Waals surface area (Å²) in [5.41, 5.74) is 11.1. The molecule has 1 aromatic rings. The molecule has 0 spiro atoms. The van der Waals surface area contributed by atoms with Gasteiger partial charge in [-0.3, -0.25) is 4.79 Å². The van der Waals surface area contributed by atoms with Crippen molar-refractivity contribution in [2.45, 2.75) is 25.8 Å². The zero-order valence-electron chi connectivity index (χ0n) is 16.4. The van der Waals surface area contributed by atoms with Crippen LogP contribution in [0.2, 0.25) is 15.1 Å². The van der Waals surface area contributed by atoms with Gasteiger partial charge in [-0.1, -0.05) is 41.4 Å². The number of amides is 1. The van der Waals surface area contributed by atoms with Crippen molar-refractivity contribution in [3.8, 4) is 0 Å². The molecule has 0 aromatic heterocycles. The van der Waals surface area contributed by atoms with Crippen LogP contribution in [-0.2, 0) is 0 Å². The molecule has 160 valence electrons. The van der Waals surface area contributed by atoms with Crippen LogP contribution in [0.25, 0.3) is 0 Å². The molecular weight excluding hydrogens is 447 g/mol. The Kier molecular flexibility index (Phi) is 8.89. The molecule has 1 aromatic carbocycles. The molecule has 10 heteroatoms. The van der Waals surface area contributed by atoms with E-state index in [4.69, 9.17) is 46.3 Å². The number of halogens is 3. The summed E-state index contributed by atoms with van der Waals surface area (Å²) in [6.45, 7) is 6.11. The van der Waals surface area contributed by atoms with Gasteiger partial charge in [-0.25, -0.2) is 15.0 Å². The largest absolute Gasteiger partial charge is 0.405 e. The standard InChI is InChI=1S/C20H23Cl3N6O/c1-12(19(27-11-25)28-13(2)26-7-3-6-24)29(10-14-4-5-14)20(30)15-8-16(21)18(23)17(22)9-15/h3,6-9,11-12,14H,2,4-5,10,24H2,1H3,(H2,25,27,28)/b6-3-,26-7?. The Morgan fingerprint density at radius 1 is 1.27 bits per heavy atom. The Morgan fingerprint density at radius 2 is 1.90 bits per heavy atom. The van der Waals surface area contributed by atoms with Gasteiger partial charge in [0, 0.05) is 18.3 Å². The van der Waals surface area contributed by atoms with Crippen LogP contribution in [0.4, 0.5) is 0 Å².